The molecule has 2 atom stereocenters. The first-order chi connectivity index (χ1) is 15.2. The van der Waals surface area contributed by atoms with Crippen LogP contribution in [-0.2, 0) is 28.7 Å². The molecule has 0 aromatic heterocycles. The summed E-state index contributed by atoms with van der Waals surface area (Å²) in [5.41, 5.74) is 5.25. The van der Waals surface area contributed by atoms with Gasteiger partial charge < -0.3 is 46.5 Å². The number of ether oxygens (including phenoxy) is 2. The lowest BCUT2D eigenvalue weighted by atomic mass is 10.1. The minimum atomic E-state index is -1.47. The number of unbranched alkanes of at least 4 members (excludes halogenated alkanes) is 1. The van der Waals surface area contributed by atoms with Crippen LogP contribution < -0.4 is 21.7 Å². The molecule has 0 heterocycles. The summed E-state index contributed by atoms with van der Waals surface area (Å²) in [6.45, 7) is 1.53. The molecule has 0 rings (SSSR count). The fraction of sp³-hybridized carbons (Fsp3) is 0.722. The largest absolute Gasteiger partial charge is 0.481 e. The number of hydrogen-bond donors (Lipinski definition) is 7. The monoisotopic (exact) mass is 464 g/mol. The second kappa shape index (κ2) is 17.7. The number of carboxylic acids is 3. The van der Waals surface area contributed by atoms with Gasteiger partial charge in [-0.15, -0.1) is 0 Å². The fourth-order valence-electron chi connectivity index (χ4n) is 2.36. The Morgan fingerprint density at radius 3 is 1.97 bits per heavy atom. The first-order valence-electron chi connectivity index (χ1n) is 10.0. The van der Waals surface area contributed by atoms with Crippen LogP contribution in [0.1, 0.15) is 32.1 Å². The summed E-state index contributed by atoms with van der Waals surface area (Å²) in [6, 6.07) is -3.78. The van der Waals surface area contributed by atoms with E-state index in [1.165, 1.54) is 0 Å². The molecule has 3 amide bonds. The molecule has 184 valence electrons. The zero-order chi connectivity index (χ0) is 24.4. The Kier molecular flexibility index (Phi) is 16.0. The third kappa shape index (κ3) is 15.8. The van der Waals surface area contributed by atoms with Crippen LogP contribution in [0, 0.1) is 0 Å². The highest BCUT2D eigenvalue weighted by molar-refractivity contribution is 5.86. The highest BCUT2D eigenvalue weighted by Gasteiger charge is 2.24. The summed E-state index contributed by atoms with van der Waals surface area (Å²) in [5.74, 6) is -4.31. The molecule has 0 aliphatic carbocycles. The van der Waals surface area contributed by atoms with E-state index in [0.717, 1.165) is 0 Å². The Bertz CT molecular complexity index is 617. The summed E-state index contributed by atoms with van der Waals surface area (Å²) < 4.78 is 10.2. The summed E-state index contributed by atoms with van der Waals surface area (Å²) >= 11 is 0. The van der Waals surface area contributed by atoms with E-state index in [-0.39, 0.29) is 38.5 Å². The molecular formula is C18H32N4O10. The standard InChI is InChI=1S/C18H32N4O10/c19-6-8-31-9-10-32-11-14(23)20-7-2-1-3-12(16(26)27)21-18(30)22-13(17(28)29)4-5-15(24)25/h12-13H,1-11,19H2,(H,20,23)(H,24,25)(H,26,27)(H,28,29)(H2,21,22,30). The molecule has 0 spiro atoms. The third-order valence-electron chi connectivity index (χ3n) is 3.96. The zero-order valence-electron chi connectivity index (χ0n) is 17.7. The van der Waals surface area contributed by atoms with Gasteiger partial charge in [0.2, 0.25) is 5.91 Å². The van der Waals surface area contributed by atoms with E-state index in [1.54, 1.807) is 0 Å². The number of rotatable bonds is 19. The molecule has 2 unspecified atom stereocenters. The summed E-state index contributed by atoms with van der Waals surface area (Å²) in [4.78, 5) is 56.4. The number of hydrogen-bond acceptors (Lipinski definition) is 8. The van der Waals surface area contributed by atoms with Gasteiger partial charge in [0, 0.05) is 19.5 Å². The highest BCUT2D eigenvalue weighted by Crippen LogP contribution is 2.03. The average Bonchev–Trinajstić information content (AvgIpc) is 2.71. The molecule has 14 heteroatoms. The number of aliphatic carboxylic acids is 3. The lowest BCUT2D eigenvalue weighted by Gasteiger charge is -2.18. The Balaban J connectivity index is 4.14. The fourth-order valence-corrected chi connectivity index (χ4v) is 2.36. The van der Waals surface area contributed by atoms with Crippen molar-refractivity contribution in [2.75, 3.05) is 39.5 Å². The second-order valence-electron chi connectivity index (χ2n) is 6.63. The quantitative estimate of drug-likeness (QED) is 0.107. The highest BCUT2D eigenvalue weighted by atomic mass is 16.5. The van der Waals surface area contributed by atoms with Crippen molar-refractivity contribution >= 4 is 29.8 Å². The molecule has 0 aromatic carbocycles. The van der Waals surface area contributed by atoms with Crippen LogP contribution >= 0.6 is 0 Å². The Morgan fingerprint density at radius 1 is 0.812 bits per heavy atom. The smallest absolute Gasteiger partial charge is 0.326 e. The Morgan fingerprint density at radius 2 is 1.41 bits per heavy atom. The maximum atomic E-state index is 11.9. The molecule has 0 aromatic rings. The first-order valence-corrected chi connectivity index (χ1v) is 10.0. The van der Waals surface area contributed by atoms with Gasteiger partial charge in [-0.1, -0.05) is 0 Å². The van der Waals surface area contributed by atoms with Gasteiger partial charge in [-0.3, -0.25) is 9.59 Å². The van der Waals surface area contributed by atoms with Gasteiger partial charge in [-0.05, 0) is 25.7 Å². The van der Waals surface area contributed by atoms with E-state index in [1.807, 2.05) is 5.32 Å². The SMILES string of the molecule is NCCOCCOCC(=O)NCCCCC(NC(=O)NC(CCC(=O)O)C(=O)O)C(=O)O. The van der Waals surface area contributed by atoms with Gasteiger partial charge in [-0.2, -0.15) is 0 Å². The van der Waals surface area contributed by atoms with Crippen molar-refractivity contribution in [1.29, 1.82) is 0 Å². The lowest BCUT2D eigenvalue weighted by molar-refractivity contribution is -0.140. The van der Waals surface area contributed by atoms with Crippen molar-refractivity contribution in [2.45, 2.75) is 44.2 Å². The predicted octanol–water partition coefficient (Wildman–Crippen LogP) is -1.66. The van der Waals surface area contributed by atoms with Crippen LogP contribution in [0.25, 0.3) is 0 Å². The molecule has 32 heavy (non-hydrogen) atoms. The van der Waals surface area contributed by atoms with Crippen molar-refractivity contribution in [1.82, 2.24) is 16.0 Å². The third-order valence-corrected chi connectivity index (χ3v) is 3.96. The number of nitrogens with two attached hydrogens (primary N) is 1. The van der Waals surface area contributed by atoms with E-state index in [2.05, 4.69) is 10.6 Å². The Labute approximate surface area is 184 Å². The van der Waals surface area contributed by atoms with Gasteiger partial charge in [0.1, 0.15) is 18.7 Å². The maximum absolute atomic E-state index is 11.9. The average molecular weight is 464 g/mol. The van der Waals surface area contributed by atoms with E-state index in [0.29, 0.717) is 32.6 Å². The van der Waals surface area contributed by atoms with Gasteiger partial charge in [0.05, 0.1) is 19.8 Å². The summed E-state index contributed by atoms with van der Waals surface area (Å²) in [6.07, 6.45) is 0.0142. The van der Waals surface area contributed by atoms with Crippen molar-refractivity contribution in [3.8, 4) is 0 Å². The van der Waals surface area contributed by atoms with E-state index < -0.39 is 42.4 Å². The number of carbonyl (C=O) groups is 5. The zero-order valence-corrected chi connectivity index (χ0v) is 17.7. The van der Waals surface area contributed by atoms with Gasteiger partial charge in [-0.25, -0.2) is 14.4 Å². The van der Waals surface area contributed by atoms with Crippen LogP contribution in [0.5, 0.6) is 0 Å². The molecule has 0 fully saturated rings. The molecule has 8 N–H and O–H groups in total. The number of carboxylic acid groups (broad SMARTS) is 3. The second-order valence-corrected chi connectivity index (χ2v) is 6.63. The molecule has 0 aliphatic rings. The maximum Gasteiger partial charge on any atom is 0.326 e. The van der Waals surface area contributed by atoms with Crippen LogP contribution in [0.2, 0.25) is 0 Å². The molecule has 0 aliphatic heterocycles. The van der Waals surface area contributed by atoms with Crippen molar-refractivity contribution in [2.24, 2.45) is 5.73 Å². The topological polar surface area (TPSA) is 227 Å². The van der Waals surface area contributed by atoms with Crippen molar-refractivity contribution < 1.29 is 48.8 Å². The number of amides is 3. The molecule has 0 radical (unpaired) electrons. The minimum Gasteiger partial charge on any atom is -0.481 e. The normalized spacial score (nSPS) is 12.4. The predicted molar refractivity (Wildman–Crippen MR) is 109 cm³/mol. The van der Waals surface area contributed by atoms with E-state index >= 15 is 0 Å². The van der Waals surface area contributed by atoms with Crippen LogP contribution in [-0.4, -0.2) is 96.8 Å². The van der Waals surface area contributed by atoms with Crippen molar-refractivity contribution in [3.63, 3.8) is 0 Å². The van der Waals surface area contributed by atoms with E-state index in [4.69, 9.17) is 25.4 Å². The van der Waals surface area contributed by atoms with Crippen molar-refractivity contribution in [3.05, 3.63) is 0 Å². The first kappa shape index (κ1) is 29.0. The molecule has 14 nitrogen and oxygen atoms in total. The summed E-state index contributed by atoms with van der Waals surface area (Å²) in [7, 11) is 0. The number of carbonyl (C=O) groups excluding carboxylic acids is 2. The van der Waals surface area contributed by atoms with Gasteiger partial charge in [0.25, 0.3) is 0 Å². The van der Waals surface area contributed by atoms with Gasteiger partial charge >= 0.3 is 23.9 Å². The van der Waals surface area contributed by atoms with E-state index in [9.17, 15) is 29.1 Å². The van der Waals surface area contributed by atoms with Crippen LogP contribution in [0.4, 0.5) is 4.79 Å². The Hall–Kier alpha value is -2.97. The van der Waals surface area contributed by atoms with Gasteiger partial charge in [0.15, 0.2) is 0 Å². The summed E-state index contributed by atoms with van der Waals surface area (Å²) in [5, 5.41) is 33.7. The van der Waals surface area contributed by atoms with Crippen LogP contribution in [0.15, 0.2) is 0 Å². The molecule has 0 saturated carbocycles. The van der Waals surface area contributed by atoms with Crippen LogP contribution in [0.3, 0.4) is 0 Å². The molecular weight excluding hydrogens is 432 g/mol. The lowest BCUT2D eigenvalue weighted by Crippen LogP contribution is -2.51. The molecule has 0 bridgehead atoms. The minimum absolute atomic E-state index is 0.0421. The number of nitrogens with one attached hydrogen (secondary N) is 3. The molecule has 0 saturated heterocycles. The number of urea groups is 1.